The van der Waals surface area contributed by atoms with Crippen LogP contribution in [0.2, 0.25) is 0 Å². The van der Waals surface area contributed by atoms with Crippen molar-refractivity contribution in [2.45, 2.75) is 44.8 Å². The highest BCUT2D eigenvalue weighted by atomic mass is 16.6. The molecule has 0 aromatic rings. The van der Waals surface area contributed by atoms with Crippen LogP contribution in [0.1, 0.15) is 33.6 Å². The van der Waals surface area contributed by atoms with Crippen molar-refractivity contribution in [2.24, 2.45) is 17.8 Å². The maximum Gasteiger partial charge on any atom is 0.408 e. The third-order valence-electron chi connectivity index (χ3n) is 4.47. The molecule has 2 N–H and O–H groups in total. The van der Waals surface area contributed by atoms with Crippen LogP contribution in [0.25, 0.3) is 0 Å². The fraction of sp³-hybridized carbons (Fsp3) is 0.923. The molecule has 2 saturated carbocycles. The number of hydrogen-bond donors (Lipinski definition) is 2. The molecule has 4 atom stereocenters. The van der Waals surface area contributed by atoms with Crippen LogP contribution in [0.3, 0.4) is 0 Å². The van der Waals surface area contributed by atoms with Gasteiger partial charge >= 0.3 is 6.09 Å². The maximum absolute atomic E-state index is 11.9. The standard InChI is InChI=1S/C13H22N2O2/c1-12(2,3)17-11(16)15-13-5-9(13)4-8-6-14-7-10(8)13/h8-10,14H,4-7H2,1-3H3,(H,15,16). The first-order valence-electron chi connectivity index (χ1n) is 6.62. The lowest BCUT2D eigenvalue weighted by Crippen LogP contribution is -2.46. The van der Waals surface area contributed by atoms with Gasteiger partial charge in [-0.2, -0.15) is 0 Å². The molecule has 2 aliphatic carbocycles. The third kappa shape index (κ3) is 1.82. The monoisotopic (exact) mass is 238 g/mol. The van der Waals surface area contributed by atoms with Gasteiger partial charge < -0.3 is 15.4 Å². The average Bonchev–Trinajstić information content (AvgIpc) is 2.55. The van der Waals surface area contributed by atoms with Gasteiger partial charge in [0.05, 0.1) is 5.54 Å². The second-order valence-corrected chi connectivity index (χ2v) is 6.83. The van der Waals surface area contributed by atoms with E-state index < -0.39 is 5.60 Å². The van der Waals surface area contributed by atoms with Gasteiger partial charge in [0.1, 0.15) is 5.60 Å². The van der Waals surface area contributed by atoms with Crippen molar-refractivity contribution < 1.29 is 9.53 Å². The van der Waals surface area contributed by atoms with Gasteiger partial charge in [-0.05, 0) is 57.9 Å². The van der Waals surface area contributed by atoms with Crippen LogP contribution in [0.5, 0.6) is 0 Å². The van der Waals surface area contributed by atoms with E-state index in [4.69, 9.17) is 4.74 Å². The minimum absolute atomic E-state index is 0.0660. The first-order chi connectivity index (χ1) is 7.91. The Morgan fingerprint density at radius 1 is 1.41 bits per heavy atom. The number of nitrogens with one attached hydrogen (secondary N) is 2. The molecule has 1 aliphatic heterocycles. The summed E-state index contributed by atoms with van der Waals surface area (Å²) >= 11 is 0. The Kier molecular flexibility index (Phi) is 2.25. The Morgan fingerprint density at radius 2 is 2.18 bits per heavy atom. The summed E-state index contributed by atoms with van der Waals surface area (Å²) in [5.41, 5.74) is -0.340. The van der Waals surface area contributed by atoms with Crippen LogP contribution < -0.4 is 10.6 Å². The molecule has 96 valence electrons. The second kappa shape index (κ2) is 3.37. The molecule has 0 spiro atoms. The van der Waals surface area contributed by atoms with Crippen LogP contribution in [-0.4, -0.2) is 30.3 Å². The van der Waals surface area contributed by atoms with Crippen molar-refractivity contribution in [2.75, 3.05) is 13.1 Å². The van der Waals surface area contributed by atoms with Crippen molar-refractivity contribution in [1.82, 2.24) is 10.6 Å². The molecule has 4 nitrogen and oxygen atoms in total. The molecule has 3 fully saturated rings. The lowest BCUT2D eigenvalue weighted by molar-refractivity contribution is 0.0476. The first kappa shape index (κ1) is 11.3. The first-order valence-corrected chi connectivity index (χ1v) is 6.62. The Labute approximate surface area is 102 Å². The zero-order valence-corrected chi connectivity index (χ0v) is 10.9. The number of carbonyl (C=O) groups excluding carboxylic acids is 1. The number of carbonyl (C=O) groups is 1. The van der Waals surface area contributed by atoms with E-state index in [-0.39, 0.29) is 11.6 Å². The third-order valence-corrected chi connectivity index (χ3v) is 4.47. The highest BCUT2D eigenvalue weighted by molar-refractivity contribution is 5.70. The Bertz CT molecular complexity index is 350. The predicted molar refractivity (Wildman–Crippen MR) is 64.7 cm³/mol. The molecule has 1 amide bonds. The highest BCUT2D eigenvalue weighted by Crippen LogP contribution is 2.62. The molecule has 0 aromatic carbocycles. The quantitative estimate of drug-likeness (QED) is 0.728. The topological polar surface area (TPSA) is 50.4 Å². The van der Waals surface area contributed by atoms with E-state index in [1.165, 1.54) is 6.42 Å². The Hall–Kier alpha value is -0.770. The molecular weight excluding hydrogens is 216 g/mol. The molecule has 0 aromatic heterocycles. The number of alkyl carbamates (subject to hydrolysis) is 1. The molecule has 4 heteroatoms. The van der Waals surface area contributed by atoms with E-state index in [2.05, 4.69) is 10.6 Å². The number of ether oxygens (including phenoxy) is 1. The number of amides is 1. The zero-order valence-electron chi connectivity index (χ0n) is 10.9. The van der Waals surface area contributed by atoms with Gasteiger partial charge in [-0.15, -0.1) is 0 Å². The molecule has 3 rings (SSSR count). The molecule has 0 bridgehead atoms. The summed E-state index contributed by atoms with van der Waals surface area (Å²) in [5, 5.41) is 6.59. The van der Waals surface area contributed by atoms with Crippen LogP contribution in [0.4, 0.5) is 4.79 Å². The summed E-state index contributed by atoms with van der Waals surface area (Å²) in [6.45, 7) is 7.89. The zero-order chi connectivity index (χ0) is 12.3. The molecule has 17 heavy (non-hydrogen) atoms. The van der Waals surface area contributed by atoms with E-state index in [1.807, 2.05) is 20.8 Å². The average molecular weight is 238 g/mol. The van der Waals surface area contributed by atoms with E-state index in [0.29, 0.717) is 11.8 Å². The summed E-state index contributed by atoms with van der Waals surface area (Å²) in [4.78, 5) is 11.9. The van der Waals surface area contributed by atoms with Crippen LogP contribution in [0, 0.1) is 17.8 Å². The summed E-state index contributed by atoms with van der Waals surface area (Å²) in [7, 11) is 0. The van der Waals surface area contributed by atoms with Crippen molar-refractivity contribution in [1.29, 1.82) is 0 Å². The van der Waals surface area contributed by atoms with Crippen LogP contribution in [0.15, 0.2) is 0 Å². The number of rotatable bonds is 1. The van der Waals surface area contributed by atoms with Crippen molar-refractivity contribution in [3.63, 3.8) is 0 Å². The summed E-state index contributed by atoms with van der Waals surface area (Å²) in [6.07, 6.45) is 2.18. The van der Waals surface area contributed by atoms with Crippen LogP contribution >= 0.6 is 0 Å². The molecule has 4 unspecified atom stereocenters. The van der Waals surface area contributed by atoms with Gasteiger partial charge in [-0.25, -0.2) is 4.79 Å². The lowest BCUT2D eigenvalue weighted by atomic mass is 9.91. The fourth-order valence-electron chi connectivity index (χ4n) is 3.78. The van der Waals surface area contributed by atoms with Gasteiger partial charge in [0, 0.05) is 6.54 Å². The molecule has 1 saturated heterocycles. The minimum atomic E-state index is -0.406. The second-order valence-electron chi connectivity index (χ2n) is 6.83. The summed E-state index contributed by atoms with van der Waals surface area (Å²) in [6, 6.07) is 0. The Balaban J connectivity index is 1.64. The molecule has 0 radical (unpaired) electrons. The van der Waals surface area contributed by atoms with Gasteiger partial charge in [0.15, 0.2) is 0 Å². The van der Waals surface area contributed by atoms with Gasteiger partial charge in [-0.3, -0.25) is 0 Å². The number of hydrogen-bond acceptors (Lipinski definition) is 3. The van der Waals surface area contributed by atoms with E-state index in [0.717, 1.165) is 25.4 Å². The SMILES string of the molecule is CC(C)(C)OC(=O)NC12CC1CC1CNCC12. The van der Waals surface area contributed by atoms with Crippen molar-refractivity contribution >= 4 is 6.09 Å². The van der Waals surface area contributed by atoms with Crippen LogP contribution in [-0.2, 0) is 4.74 Å². The molecular formula is C13H22N2O2. The van der Waals surface area contributed by atoms with E-state index in [9.17, 15) is 4.79 Å². The minimum Gasteiger partial charge on any atom is -0.444 e. The molecule has 1 heterocycles. The van der Waals surface area contributed by atoms with E-state index >= 15 is 0 Å². The number of fused-ring (bicyclic) bond motifs is 3. The van der Waals surface area contributed by atoms with E-state index in [1.54, 1.807) is 0 Å². The van der Waals surface area contributed by atoms with Gasteiger partial charge in [0.2, 0.25) is 0 Å². The van der Waals surface area contributed by atoms with Gasteiger partial charge in [-0.1, -0.05) is 0 Å². The Morgan fingerprint density at radius 3 is 2.88 bits per heavy atom. The fourth-order valence-corrected chi connectivity index (χ4v) is 3.78. The smallest absolute Gasteiger partial charge is 0.408 e. The predicted octanol–water partition coefficient (Wildman–Crippen LogP) is 1.51. The normalized spacial score (nSPS) is 42.9. The highest BCUT2D eigenvalue weighted by Gasteiger charge is 2.68. The largest absolute Gasteiger partial charge is 0.444 e. The lowest BCUT2D eigenvalue weighted by Gasteiger charge is -2.26. The van der Waals surface area contributed by atoms with Crippen molar-refractivity contribution in [3.05, 3.63) is 0 Å². The van der Waals surface area contributed by atoms with Crippen molar-refractivity contribution in [3.8, 4) is 0 Å². The summed E-state index contributed by atoms with van der Waals surface area (Å²) in [5.74, 6) is 2.09. The summed E-state index contributed by atoms with van der Waals surface area (Å²) < 4.78 is 5.37. The van der Waals surface area contributed by atoms with Gasteiger partial charge in [0.25, 0.3) is 0 Å². The molecule has 3 aliphatic rings. The maximum atomic E-state index is 11.9.